The lowest BCUT2D eigenvalue weighted by Gasteiger charge is -2.20. The highest BCUT2D eigenvalue weighted by atomic mass is 32.1. The maximum atomic E-state index is 12.5. The smallest absolute Gasteiger partial charge is 0.345 e. The standard InChI is InChI=1S/C19H20N4O2S2/c1-3-23(4-2)13-6-5-12-9-15(18(24)25-16(12)10-13)17-8-7-14(27-17)11-21-22-19(20)26/h5-11H,3-4H2,1-2H3,(H3,20,22,26)/b21-11+. The van der Waals surface area contributed by atoms with Crippen LogP contribution in [-0.2, 0) is 0 Å². The van der Waals surface area contributed by atoms with Crippen LogP contribution in [0.4, 0.5) is 5.69 Å². The number of benzene rings is 1. The second-order valence-corrected chi connectivity index (χ2v) is 7.33. The van der Waals surface area contributed by atoms with Gasteiger partial charge in [0.15, 0.2) is 5.11 Å². The quantitative estimate of drug-likeness (QED) is 0.285. The monoisotopic (exact) mass is 400 g/mol. The number of hydrogen-bond donors (Lipinski definition) is 2. The molecule has 0 aliphatic carbocycles. The van der Waals surface area contributed by atoms with E-state index in [-0.39, 0.29) is 10.7 Å². The molecule has 3 N–H and O–H groups in total. The van der Waals surface area contributed by atoms with Crippen molar-refractivity contribution >= 4 is 51.5 Å². The number of anilines is 1. The Morgan fingerprint density at radius 3 is 2.78 bits per heavy atom. The second-order valence-electron chi connectivity index (χ2n) is 5.78. The highest BCUT2D eigenvalue weighted by molar-refractivity contribution is 7.80. The largest absolute Gasteiger partial charge is 0.422 e. The number of fused-ring (bicyclic) bond motifs is 1. The Morgan fingerprint density at radius 2 is 2.07 bits per heavy atom. The minimum Gasteiger partial charge on any atom is -0.422 e. The number of hydrogen-bond acceptors (Lipinski definition) is 6. The summed E-state index contributed by atoms with van der Waals surface area (Å²) in [4.78, 5) is 16.4. The highest BCUT2D eigenvalue weighted by Gasteiger charge is 2.11. The van der Waals surface area contributed by atoms with Gasteiger partial charge in [0.05, 0.1) is 11.8 Å². The number of nitrogens with two attached hydrogens (primary N) is 1. The second kappa shape index (κ2) is 8.32. The molecular weight excluding hydrogens is 380 g/mol. The molecule has 0 saturated carbocycles. The zero-order valence-corrected chi connectivity index (χ0v) is 16.7. The van der Waals surface area contributed by atoms with Gasteiger partial charge in [0, 0.05) is 40.0 Å². The SMILES string of the molecule is CCN(CC)c1ccc2cc(-c3ccc(/C=N/NC(N)=S)s3)c(=O)oc2c1. The van der Waals surface area contributed by atoms with Crippen LogP contribution < -0.4 is 21.7 Å². The fourth-order valence-corrected chi connectivity index (χ4v) is 3.72. The van der Waals surface area contributed by atoms with Crippen LogP contribution in [0.5, 0.6) is 0 Å². The van der Waals surface area contributed by atoms with Crippen molar-refractivity contribution in [1.82, 2.24) is 5.43 Å². The summed E-state index contributed by atoms with van der Waals surface area (Å²) in [5, 5.41) is 4.91. The van der Waals surface area contributed by atoms with Crippen LogP contribution >= 0.6 is 23.6 Å². The first-order valence-electron chi connectivity index (χ1n) is 8.53. The minimum atomic E-state index is -0.356. The summed E-state index contributed by atoms with van der Waals surface area (Å²) >= 11 is 6.13. The van der Waals surface area contributed by atoms with E-state index in [9.17, 15) is 4.79 Å². The molecule has 3 aromatic rings. The van der Waals surface area contributed by atoms with Gasteiger partial charge in [-0.05, 0) is 56.4 Å². The predicted molar refractivity (Wildman–Crippen MR) is 117 cm³/mol. The maximum Gasteiger partial charge on any atom is 0.345 e. The molecule has 0 bridgehead atoms. The van der Waals surface area contributed by atoms with Gasteiger partial charge in [0.25, 0.3) is 0 Å². The number of rotatable bonds is 6. The van der Waals surface area contributed by atoms with E-state index >= 15 is 0 Å². The average molecular weight is 401 g/mol. The van der Waals surface area contributed by atoms with Crippen molar-refractivity contribution in [2.75, 3.05) is 18.0 Å². The van der Waals surface area contributed by atoms with Crippen molar-refractivity contribution in [2.45, 2.75) is 13.8 Å². The molecule has 0 saturated heterocycles. The average Bonchev–Trinajstić information content (AvgIpc) is 3.10. The third kappa shape index (κ3) is 4.35. The lowest BCUT2D eigenvalue weighted by atomic mass is 10.1. The van der Waals surface area contributed by atoms with Gasteiger partial charge < -0.3 is 15.1 Å². The Bertz CT molecular complexity index is 1050. The fraction of sp³-hybridized carbons (Fsp3) is 0.211. The molecular formula is C19H20N4O2S2. The number of nitrogens with zero attached hydrogens (tertiary/aromatic N) is 2. The Labute approximate surface area is 166 Å². The molecule has 0 aliphatic rings. The van der Waals surface area contributed by atoms with Crippen LogP contribution in [0.15, 0.2) is 50.7 Å². The first-order valence-corrected chi connectivity index (χ1v) is 9.75. The van der Waals surface area contributed by atoms with Crippen molar-refractivity contribution < 1.29 is 4.42 Å². The van der Waals surface area contributed by atoms with Crippen molar-refractivity contribution in [3.63, 3.8) is 0 Å². The third-order valence-electron chi connectivity index (χ3n) is 4.11. The van der Waals surface area contributed by atoms with Gasteiger partial charge in [0.1, 0.15) is 5.58 Å². The Balaban J connectivity index is 1.94. The van der Waals surface area contributed by atoms with E-state index in [4.69, 9.17) is 22.4 Å². The van der Waals surface area contributed by atoms with Crippen LogP contribution in [0.2, 0.25) is 0 Å². The van der Waals surface area contributed by atoms with Gasteiger partial charge in [-0.1, -0.05) is 0 Å². The molecule has 2 aromatic heterocycles. The van der Waals surface area contributed by atoms with Crippen LogP contribution in [0.3, 0.4) is 0 Å². The molecule has 0 radical (unpaired) electrons. The summed E-state index contributed by atoms with van der Waals surface area (Å²) in [7, 11) is 0. The zero-order chi connectivity index (χ0) is 19.4. The van der Waals surface area contributed by atoms with Crippen LogP contribution in [0.25, 0.3) is 21.4 Å². The topological polar surface area (TPSA) is 83.9 Å². The lowest BCUT2D eigenvalue weighted by molar-refractivity contribution is 0.563. The summed E-state index contributed by atoms with van der Waals surface area (Å²) < 4.78 is 5.59. The molecule has 0 aliphatic heterocycles. The number of hydrazone groups is 1. The Morgan fingerprint density at radius 1 is 1.30 bits per heavy atom. The van der Waals surface area contributed by atoms with Crippen molar-refractivity contribution in [2.24, 2.45) is 10.8 Å². The molecule has 0 amide bonds. The normalized spacial score (nSPS) is 11.2. The van der Waals surface area contributed by atoms with E-state index in [0.29, 0.717) is 11.1 Å². The number of thiocarbonyl (C=S) groups is 1. The molecule has 8 heteroatoms. The molecule has 6 nitrogen and oxygen atoms in total. The van der Waals surface area contributed by atoms with Crippen LogP contribution in [-0.4, -0.2) is 24.4 Å². The molecule has 140 valence electrons. The van der Waals surface area contributed by atoms with Gasteiger partial charge in [0.2, 0.25) is 0 Å². The molecule has 2 heterocycles. The lowest BCUT2D eigenvalue weighted by Crippen LogP contribution is -2.23. The van der Waals surface area contributed by atoms with Gasteiger partial charge in [-0.15, -0.1) is 11.3 Å². The Kier molecular flexibility index (Phi) is 5.88. The summed E-state index contributed by atoms with van der Waals surface area (Å²) in [5.74, 6) is 0. The summed E-state index contributed by atoms with van der Waals surface area (Å²) in [6, 6.07) is 11.6. The van der Waals surface area contributed by atoms with E-state index < -0.39 is 0 Å². The van der Waals surface area contributed by atoms with Gasteiger partial charge in [-0.25, -0.2) is 4.79 Å². The summed E-state index contributed by atoms with van der Waals surface area (Å²) in [6.07, 6.45) is 1.60. The van der Waals surface area contributed by atoms with Crippen LogP contribution in [0, 0.1) is 0 Å². The molecule has 0 atom stereocenters. The summed E-state index contributed by atoms with van der Waals surface area (Å²) in [5.41, 5.74) is 9.64. The third-order valence-corrected chi connectivity index (χ3v) is 5.25. The fourth-order valence-electron chi connectivity index (χ4n) is 2.78. The Hall–Kier alpha value is -2.71. The van der Waals surface area contributed by atoms with Crippen molar-refractivity contribution in [3.05, 3.63) is 51.7 Å². The van der Waals surface area contributed by atoms with Gasteiger partial charge >= 0.3 is 5.63 Å². The first-order chi connectivity index (χ1) is 13.0. The molecule has 3 rings (SSSR count). The van der Waals surface area contributed by atoms with Crippen molar-refractivity contribution in [3.8, 4) is 10.4 Å². The van der Waals surface area contributed by atoms with E-state index in [2.05, 4.69) is 29.3 Å². The molecule has 1 aromatic carbocycles. The zero-order valence-electron chi connectivity index (χ0n) is 15.1. The van der Waals surface area contributed by atoms with Crippen LogP contribution in [0.1, 0.15) is 18.7 Å². The first kappa shape index (κ1) is 19.1. The van der Waals surface area contributed by atoms with E-state index in [0.717, 1.165) is 33.9 Å². The number of nitrogens with one attached hydrogen (secondary N) is 1. The summed E-state index contributed by atoms with van der Waals surface area (Å²) in [6.45, 7) is 5.99. The molecule has 0 spiro atoms. The maximum absolute atomic E-state index is 12.5. The number of thiophene rings is 1. The van der Waals surface area contributed by atoms with Crippen molar-refractivity contribution in [1.29, 1.82) is 0 Å². The predicted octanol–water partition coefficient (Wildman–Crippen LogP) is 3.53. The minimum absolute atomic E-state index is 0.0993. The van der Waals surface area contributed by atoms with Gasteiger partial charge in [-0.3, -0.25) is 5.43 Å². The van der Waals surface area contributed by atoms with E-state index in [1.54, 1.807) is 6.21 Å². The van der Waals surface area contributed by atoms with E-state index in [1.807, 2.05) is 36.4 Å². The van der Waals surface area contributed by atoms with E-state index in [1.165, 1.54) is 11.3 Å². The molecule has 0 fully saturated rings. The molecule has 27 heavy (non-hydrogen) atoms. The highest BCUT2D eigenvalue weighted by Crippen LogP contribution is 2.29. The van der Waals surface area contributed by atoms with Gasteiger partial charge in [-0.2, -0.15) is 5.10 Å². The molecule has 0 unspecified atom stereocenters.